The molecule has 1 aliphatic rings. The van der Waals surface area contributed by atoms with E-state index >= 15 is 0 Å². The van der Waals surface area contributed by atoms with Crippen LogP contribution in [0.5, 0.6) is 0 Å². The normalized spacial score (nSPS) is 17.3. The number of likely N-dealkylation sites (tertiary alicyclic amines) is 1. The number of piperidine rings is 1. The number of rotatable bonds is 5. The number of amides is 2. The number of nitrogens with zero attached hydrogens (tertiary/aromatic N) is 5. The first-order valence-electron chi connectivity index (χ1n) is 8.57. The van der Waals surface area contributed by atoms with Crippen molar-refractivity contribution in [1.29, 1.82) is 0 Å². The number of pyridine rings is 1. The molecular weight excluding hydrogens is 320 g/mol. The standard InChI is InChI=1S/C17H22N6O2/c1-2-5-15(24)21-13-6-4-9-22(10-13)17(25)14-7-3-8-19-16(14)23-12-18-11-20-23/h3,7-8,11-13H,2,4-6,9-10H2,1H3,(H,21,24). The molecule has 1 unspecified atom stereocenters. The topological polar surface area (TPSA) is 93.0 Å². The molecule has 0 saturated carbocycles. The van der Waals surface area contributed by atoms with E-state index in [2.05, 4.69) is 20.4 Å². The Morgan fingerprint density at radius 1 is 1.40 bits per heavy atom. The summed E-state index contributed by atoms with van der Waals surface area (Å²) in [6.45, 7) is 3.16. The van der Waals surface area contributed by atoms with E-state index in [1.54, 1.807) is 23.2 Å². The van der Waals surface area contributed by atoms with E-state index < -0.39 is 0 Å². The van der Waals surface area contributed by atoms with E-state index in [9.17, 15) is 9.59 Å². The van der Waals surface area contributed by atoms with Gasteiger partial charge in [0.2, 0.25) is 5.91 Å². The van der Waals surface area contributed by atoms with Crippen molar-refractivity contribution < 1.29 is 9.59 Å². The fourth-order valence-corrected chi connectivity index (χ4v) is 3.04. The largest absolute Gasteiger partial charge is 0.352 e. The molecule has 132 valence electrons. The molecule has 2 aromatic rings. The van der Waals surface area contributed by atoms with Gasteiger partial charge in [0.05, 0.1) is 5.56 Å². The SMILES string of the molecule is CCCC(=O)NC1CCCN(C(=O)c2cccnc2-n2cncn2)C1. The van der Waals surface area contributed by atoms with Crippen molar-refractivity contribution >= 4 is 11.8 Å². The van der Waals surface area contributed by atoms with Crippen LogP contribution >= 0.6 is 0 Å². The average Bonchev–Trinajstić information content (AvgIpc) is 3.16. The first-order chi connectivity index (χ1) is 12.2. The monoisotopic (exact) mass is 342 g/mol. The Kier molecular flexibility index (Phi) is 5.37. The molecule has 0 aromatic carbocycles. The van der Waals surface area contributed by atoms with Crippen molar-refractivity contribution in [3.63, 3.8) is 0 Å². The van der Waals surface area contributed by atoms with Gasteiger partial charge in [0.15, 0.2) is 5.82 Å². The summed E-state index contributed by atoms with van der Waals surface area (Å²) in [7, 11) is 0. The highest BCUT2D eigenvalue weighted by Gasteiger charge is 2.27. The van der Waals surface area contributed by atoms with Gasteiger partial charge in [0, 0.05) is 31.7 Å². The van der Waals surface area contributed by atoms with Gasteiger partial charge in [-0.2, -0.15) is 5.10 Å². The third-order valence-electron chi connectivity index (χ3n) is 4.20. The Bertz CT molecular complexity index is 730. The summed E-state index contributed by atoms with van der Waals surface area (Å²) >= 11 is 0. The van der Waals surface area contributed by atoms with Gasteiger partial charge in [0.25, 0.3) is 5.91 Å². The lowest BCUT2D eigenvalue weighted by Gasteiger charge is -2.33. The Morgan fingerprint density at radius 3 is 3.04 bits per heavy atom. The minimum Gasteiger partial charge on any atom is -0.352 e. The zero-order chi connectivity index (χ0) is 17.6. The summed E-state index contributed by atoms with van der Waals surface area (Å²) in [5.41, 5.74) is 0.480. The zero-order valence-electron chi connectivity index (χ0n) is 14.3. The van der Waals surface area contributed by atoms with Gasteiger partial charge in [-0.3, -0.25) is 9.59 Å². The molecule has 25 heavy (non-hydrogen) atoms. The van der Waals surface area contributed by atoms with Gasteiger partial charge in [0.1, 0.15) is 12.7 Å². The van der Waals surface area contributed by atoms with E-state index in [0.29, 0.717) is 30.9 Å². The van der Waals surface area contributed by atoms with Gasteiger partial charge in [-0.1, -0.05) is 6.92 Å². The van der Waals surface area contributed by atoms with Crippen molar-refractivity contribution in [2.45, 2.75) is 38.6 Å². The van der Waals surface area contributed by atoms with E-state index in [-0.39, 0.29) is 17.9 Å². The molecule has 2 amide bonds. The van der Waals surface area contributed by atoms with E-state index in [1.807, 2.05) is 6.92 Å². The number of aromatic nitrogens is 4. The van der Waals surface area contributed by atoms with E-state index in [1.165, 1.54) is 17.3 Å². The van der Waals surface area contributed by atoms with Crippen molar-refractivity contribution in [3.05, 3.63) is 36.5 Å². The van der Waals surface area contributed by atoms with Crippen LogP contribution in [0, 0.1) is 0 Å². The van der Waals surface area contributed by atoms with Crippen LogP contribution in [0.4, 0.5) is 0 Å². The van der Waals surface area contributed by atoms with Gasteiger partial charge < -0.3 is 10.2 Å². The molecule has 8 nitrogen and oxygen atoms in total. The van der Waals surface area contributed by atoms with Gasteiger partial charge >= 0.3 is 0 Å². The molecule has 0 bridgehead atoms. The molecule has 3 heterocycles. The molecule has 0 aliphatic carbocycles. The second-order valence-electron chi connectivity index (χ2n) is 6.12. The molecule has 1 aliphatic heterocycles. The average molecular weight is 342 g/mol. The third-order valence-corrected chi connectivity index (χ3v) is 4.20. The fraction of sp³-hybridized carbons (Fsp3) is 0.471. The summed E-state index contributed by atoms with van der Waals surface area (Å²) in [5, 5.41) is 7.09. The van der Waals surface area contributed by atoms with Crippen LogP contribution in [0.25, 0.3) is 5.82 Å². The van der Waals surface area contributed by atoms with Crippen molar-refractivity contribution in [2.24, 2.45) is 0 Å². The molecule has 0 spiro atoms. The number of nitrogens with one attached hydrogen (secondary N) is 1. The Hall–Kier alpha value is -2.77. The molecule has 0 radical (unpaired) electrons. The van der Waals surface area contributed by atoms with Crippen LogP contribution in [0.15, 0.2) is 31.0 Å². The number of carbonyl (C=O) groups excluding carboxylic acids is 2. The first-order valence-corrected chi connectivity index (χ1v) is 8.57. The quantitative estimate of drug-likeness (QED) is 0.881. The lowest BCUT2D eigenvalue weighted by molar-refractivity contribution is -0.122. The molecule has 1 atom stereocenters. The molecule has 3 rings (SSSR count). The number of carbonyl (C=O) groups is 2. The van der Waals surface area contributed by atoms with Crippen LogP contribution in [0.3, 0.4) is 0 Å². The molecule has 8 heteroatoms. The number of hydrogen-bond acceptors (Lipinski definition) is 5. The van der Waals surface area contributed by atoms with Crippen LogP contribution in [0.2, 0.25) is 0 Å². The van der Waals surface area contributed by atoms with Crippen molar-refractivity contribution in [3.8, 4) is 5.82 Å². The smallest absolute Gasteiger partial charge is 0.257 e. The maximum absolute atomic E-state index is 13.0. The second kappa shape index (κ2) is 7.87. The van der Waals surface area contributed by atoms with Crippen molar-refractivity contribution in [1.82, 2.24) is 30.0 Å². The number of hydrogen-bond donors (Lipinski definition) is 1. The van der Waals surface area contributed by atoms with E-state index in [4.69, 9.17) is 0 Å². The Morgan fingerprint density at radius 2 is 2.28 bits per heavy atom. The molecular formula is C17H22N6O2. The second-order valence-corrected chi connectivity index (χ2v) is 6.12. The maximum atomic E-state index is 13.0. The Balaban J connectivity index is 1.74. The predicted octanol–water partition coefficient (Wildman–Crippen LogP) is 1.18. The molecule has 1 saturated heterocycles. The van der Waals surface area contributed by atoms with Crippen LogP contribution in [0.1, 0.15) is 43.0 Å². The lowest BCUT2D eigenvalue weighted by Crippen LogP contribution is -2.49. The summed E-state index contributed by atoms with van der Waals surface area (Å²) in [6, 6.07) is 3.48. The van der Waals surface area contributed by atoms with E-state index in [0.717, 1.165) is 19.3 Å². The minimum absolute atomic E-state index is 0.00300. The fourth-order valence-electron chi connectivity index (χ4n) is 3.04. The highest BCUT2D eigenvalue weighted by molar-refractivity contribution is 5.97. The van der Waals surface area contributed by atoms with Gasteiger partial charge in [-0.25, -0.2) is 14.6 Å². The van der Waals surface area contributed by atoms with Gasteiger partial charge in [-0.05, 0) is 31.4 Å². The highest BCUT2D eigenvalue weighted by atomic mass is 16.2. The molecule has 1 fully saturated rings. The molecule has 1 N–H and O–H groups in total. The summed E-state index contributed by atoms with van der Waals surface area (Å²) in [4.78, 5) is 34.8. The summed E-state index contributed by atoms with van der Waals surface area (Å²) in [6.07, 6.45) is 7.63. The molecule has 2 aromatic heterocycles. The maximum Gasteiger partial charge on any atom is 0.257 e. The summed E-state index contributed by atoms with van der Waals surface area (Å²) < 4.78 is 1.48. The van der Waals surface area contributed by atoms with Crippen LogP contribution in [-0.2, 0) is 4.79 Å². The van der Waals surface area contributed by atoms with Crippen LogP contribution in [-0.4, -0.2) is 55.6 Å². The third kappa shape index (κ3) is 4.01. The Labute approximate surface area is 146 Å². The van der Waals surface area contributed by atoms with Gasteiger partial charge in [-0.15, -0.1) is 0 Å². The zero-order valence-corrected chi connectivity index (χ0v) is 14.3. The summed E-state index contributed by atoms with van der Waals surface area (Å²) in [5.74, 6) is 0.404. The lowest BCUT2D eigenvalue weighted by atomic mass is 10.0. The first kappa shape index (κ1) is 17.1. The van der Waals surface area contributed by atoms with Crippen molar-refractivity contribution in [2.75, 3.05) is 13.1 Å². The predicted molar refractivity (Wildman–Crippen MR) is 91.1 cm³/mol. The highest BCUT2D eigenvalue weighted by Crippen LogP contribution is 2.17. The van der Waals surface area contributed by atoms with Crippen LogP contribution < -0.4 is 5.32 Å². The minimum atomic E-state index is -0.104.